The van der Waals surface area contributed by atoms with Gasteiger partial charge in [0.15, 0.2) is 0 Å². The average Bonchev–Trinajstić information content (AvgIpc) is 2.81. The van der Waals surface area contributed by atoms with E-state index in [0.29, 0.717) is 31.1 Å². The summed E-state index contributed by atoms with van der Waals surface area (Å²) in [6.07, 6.45) is 3.80. The third-order valence-electron chi connectivity index (χ3n) is 4.44. The minimum absolute atomic E-state index is 0.377. The number of morpholine rings is 1. The molecule has 1 aliphatic heterocycles. The first-order chi connectivity index (χ1) is 14.8. The molecule has 2 heterocycles. The summed E-state index contributed by atoms with van der Waals surface area (Å²) in [5.41, 5.74) is 4.83. The summed E-state index contributed by atoms with van der Waals surface area (Å²) in [6.45, 7) is 2.78. The molecule has 4 rings (SSSR count). The van der Waals surface area contributed by atoms with E-state index in [1.54, 1.807) is 18.0 Å². The Hall–Kier alpha value is -3.17. The number of ether oxygens (including phenoxy) is 1. The van der Waals surface area contributed by atoms with Crippen molar-refractivity contribution in [2.45, 2.75) is 4.90 Å². The fraction of sp³-hybridized carbons (Fsp3) is 0.238. The largest absolute Gasteiger partial charge is 0.378 e. The average molecular weight is 422 g/mol. The molecule has 0 radical (unpaired) electrons. The van der Waals surface area contributed by atoms with Gasteiger partial charge in [0.25, 0.3) is 0 Å². The molecule has 2 N–H and O–H groups in total. The van der Waals surface area contributed by atoms with Crippen molar-refractivity contribution < 1.29 is 4.74 Å². The van der Waals surface area contributed by atoms with Gasteiger partial charge in [0, 0.05) is 23.7 Å². The van der Waals surface area contributed by atoms with Crippen LogP contribution in [0.25, 0.3) is 0 Å². The molecule has 0 bridgehead atoms. The zero-order valence-corrected chi connectivity index (χ0v) is 17.5. The van der Waals surface area contributed by atoms with Gasteiger partial charge in [-0.2, -0.15) is 20.1 Å². The molecule has 0 amide bonds. The van der Waals surface area contributed by atoms with Gasteiger partial charge in [-0.15, -0.1) is 11.8 Å². The lowest BCUT2D eigenvalue weighted by Crippen LogP contribution is -2.37. The Kier molecular flexibility index (Phi) is 6.73. The number of hydrazone groups is 1. The lowest BCUT2D eigenvalue weighted by atomic mass is 10.2. The maximum absolute atomic E-state index is 5.44. The van der Waals surface area contributed by atoms with Crippen LogP contribution in [0.1, 0.15) is 5.56 Å². The smallest absolute Gasteiger partial charge is 0.250 e. The van der Waals surface area contributed by atoms with Crippen molar-refractivity contribution in [1.82, 2.24) is 15.0 Å². The molecule has 0 atom stereocenters. The molecule has 154 valence electrons. The second-order valence-electron chi connectivity index (χ2n) is 6.52. The number of para-hydroxylation sites is 1. The molecule has 1 fully saturated rings. The quantitative estimate of drug-likeness (QED) is 0.340. The summed E-state index contributed by atoms with van der Waals surface area (Å²) >= 11 is 1.71. The lowest BCUT2D eigenvalue weighted by Gasteiger charge is -2.27. The number of hydrogen-bond acceptors (Lipinski definition) is 9. The van der Waals surface area contributed by atoms with Crippen LogP contribution in [0.3, 0.4) is 0 Å². The number of anilines is 4. The lowest BCUT2D eigenvalue weighted by molar-refractivity contribution is 0.122. The Bertz CT molecular complexity index is 976. The van der Waals surface area contributed by atoms with Crippen molar-refractivity contribution in [3.63, 3.8) is 0 Å². The van der Waals surface area contributed by atoms with Gasteiger partial charge >= 0.3 is 0 Å². The number of aromatic nitrogens is 3. The SMILES string of the molecule is CSc1ccc(/C=N/Nc2nc(Nc3ccccc3)nc(N3CCOCC3)n2)cc1. The highest BCUT2D eigenvalue weighted by atomic mass is 32.2. The van der Waals surface area contributed by atoms with Gasteiger partial charge < -0.3 is 15.0 Å². The maximum atomic E-state index is 5.44. The Morgan fingerprint density at radius 3 is 2.43 bits per heavy atom. The first-order valence-electron chi connectivity index (χ1n) is 9.64. The Labute approximate surface area is 179 Å². The molecular weight excluding hydrogens is 398 g/mol. The number of thioether (sulfide) groups is 1. The predicted molar refractivity (Wildman–Crippen MR) is 122 cm³/mol. The molecule has 8 nitrogen and oxygen atoms in total. The summed E-state index contributed by atoms with van der Waals surface area (Å²) in [5, 5.41) is 7.53. The fourth-order valence-corrected chi connectivity index (χ4v) is 3.29. The normalized spacial score (nSPS) is 14.1. The first kappa shape index (κ1) is 20.1. The van der Waals surface area contributed by atoms with E-state index in [-0.39, 0.29) is 0 Å². The highest BCUT2D eigenvalue weighted by Crippen LogP contribution is 2.19. The minimum Gasteiger partial charge on any atom is -0.378 e. The summed E-state index contributed by atoms with van der Waals surface area (Å²) < 4.78 is 5.44. The number of nitrogens with zero attached hydrogens (tertiary/aromatic N) is 5. The second kappa shape index (κ2) is 10.0. The number of hydrogen-bond donors (Lipinski definition) is 2. The van der Waals surface area contributed by atoms with E-state index in [1.165, 1.54) is 4.90 Å². The predicted octanol–water partition coefficient (Wildman–Crippen LogP) is 3.62. The summed E-state index contributed by atoms with van der Waals surface area (Å²) in [7, 11) is 0. The minimum atomic E-state index is 0.377. The highest BCUT2D eigenvalue weighted by molar-refractivity contribution is 7.98. The summed E-state index contributed by atoms with van der Waals surface area (Å²) in [6, 6.07) is 18.0. The van der Waals surface area contributed by atoms with Crippen molar-refractivity contribution in [1.29, 1.82) is 0 Å². The highest BCUT2D eigenvalue weighted by Gasteiger charge is 2.16. The van der Waals surface area contributed by atoms with Gasteiger partial charge in [-0.25, -0.2) is 5.43 Å². The van der Waals surface area contributed by atoms with E-state index < -0.39 is 0 Å². The van der Waals surface area contributed by atoms with E-state index in [4.69, 9.17) is 4.74 Å². The van der Waals surface area contributed by atoms with Crippen LogP contribution in [0.5, 0.6) is 0 Å². The zero-order chi connectivity index (χ0) is 20.6. The zero-order valence-electron chi connectivity index (χ0n) is 16.7. The van der Waals surface area contributed by atoms with Crippen molar-refractivity contribution >= 4 is 41.5 Å². The van der Waals surface area contributed by atoms with E-state index in [2.05, 4.69) is 54.1 Å². The number of benzene rings is 2. The van der Waals surface area contributed by atoms with Gasteiger partial charge in [-0.05, 0) is 36.1 Å². The van der Waals surface area contributed by atoms with Crippen LogP contribution in [-0.4, -0.2) is 53.7 Å². The van der Waals surface area contributed by atoms with Crippen LogP contribution in [0, 0.1) is 0 Å². The van der Waals surface area contributed by atoms with Gasteiger partial charge in [0.1, 0.15) is 0 Å². The standard InChI is InChI=1S/C21H23N7OS/c1-30-18-9-7-16(8-10-18)15-22-27-20-24-19(23-17-5-3-2-4-6-17)25-21(26-20)28-11-13-29-14-12-28/h2-10,15H,11-14H2,1H3,(H2,23,24,25,26,27)/b22-15+. The van der Waals surface area contributed by atoms with E-state index in [1.807, 2.05) is 42.5 Å². The van der Waals surface area contributed by atoms with Gasteiger partial charge in [-0.1, -0.05) is 30.3 Å². The third-order valence-corrected chi connectivity index (χ3v) is 5.19. The Morgan fingerprint density at radius 2 is 1.70 bits per heavy atom. The molecule has 2 aromatic carbocycles. The van der Waals surface area contributed by atoms with Crippen molar-refractivity contribution in [2.75, 3.05) is 48.2 Å². The van der Waals surface area contributed by atoms with Crippen LogP contribution in [-0.2, 0) is 4.74 Å². The molecule has 1 aliphatic rings. The van der Waals surface area contributed by atoms with Crippen molar-refractivity contribution in [3.05, 3.63) is 60.2 Å². The Balaban J connectivity index is 1.53. The number of nitrogens with one attached hydrogen (secondary N) is 2. The summed E-state index contributed by atoms with van der Waals surface area (Å²) in [4.78, 5) is 16.9. The molecule has 0 saturated carbocycles. The molecule has 0 unspecified atom stereocenters. The second-order valence-corrected chi connectivity index (χ2v) is 7.40. The number of rotatable bonds is 7. The van der Waals surface area contributed by atoms with Gasteiger partial charge in [0.05, 0.1) is 19.4 Å². The topological polar surface area (TPSA) is 87.6 Å². The van der Waals surface area contributed by atoms with Gasteiger partial charge in [0.2, 0.25) is 17.8 Å². The molecular formula is C21H23N7OS. The molecule has 0 spiro atoms. The molecule has 0 aliphatic carbocycles. The molecule has 9 heteroatoms. The van der Waals surface area contributed by atoms with E-state index in [0.717, 1.165) is 24.3 Å². The van der Waals surface area contributed by atoms with Crippen LogP contribution >= 0.6 is 11.8 Å². The molecule has 1 saturated heterocycles. The van der Waals surface area contributed by atoms with Gasteiger partial charge in [-0.3, -0.25) is 0 Å². The monoisotopic (exact) mass is 421 g/mol. The fourth-order valence-electron chi connectivity index (χ4n) is 2.88. The van der Waals surface area contributed by atoms with E-state index >= 15 is 0 Å². The third kappa shape index (κ3) is 5.46. The van der Waals surface area contributed by atoms with Crippen LogP contribution in [0.4, 0.5) is 23.5 Å². The first-order valence-corrected chi connectivity index (χ1v) is 10.9. The van der Waals surface area contributed by atoms with Crippen molar-refractivity contribution in [2.24, 2.45) is 5.10 Å². The van der Waals surface area contributed by atoms with Crippen molar-refractivity contribution in [3.8, 4) is 0 Å². The maximum Gasteiger partial charge on any atom is 0.250 e. The van der Waals surface area contributed by atoms with Crippen LogP contribution < -0.4 is 15.6 Å². The van der Waals surface area contributed by atoms with E-state index in [9.17, 15) is 0 Å². The molecule has 3 aromatic rings. The Morgan fingerprint density at radius 1 is 0.967 bits per heavy atom. The molecule has 30 heavy (non-hydrogen) atoms. The summed E-state index contributed by atoms with van der Waals surface area (Å²) in [5.74, 6) is 1.43. The molecule has 1 aromatic heterocycles. The van der Waals surface area contributed by atoms with Crippen LogP contribution in [0.2, 0.25) is 0 Å². The van der Waals surface area contributed by atoms with Crippen LogP contribution in [0.15, 0.2) is 64.6 Å².